The largest absolute Gasteiger partial charge is 0.475 e. The van der Waals surface area contributed by atoms with Crippen LogP contribution >= 0.6 is 0 Å². The molecular formula is C15H21NO5. The second-order valence-corrected chi connectivity index (χ2v) is 7.36. The smallest absolute Gasteiger partial charge is 0.357 e. The number of hydrogen-bond acceptors (Lipinski definition) is 6. The van der Waals surface area contributed by atoms with E-state index in [1.54, 1.807) is 0 Å². The van der Waals surface area contributed by atoms with Gasteiger partial charge in [0, 0.05) is 5.41 Å². The Morgan fingerprint density at radius 2 is 1.95 bits per heavy atom. The van der Waals surface area contributed by atoms with Gasteiger partial charge >= 0.3 is 11.9 Å². The Kier molecular flexibility index (Phi) is 2.81. The molecule has 3 saturated carbocycles. The Balaban J connectivity index is 1.55. The minimum Gasteiger partial charge on any atom is -0.475 e. The molecule has 116 valence electrons. The predicted molar refractivity (Wildman–Crippen MR) is 72.7 cm³/mol. The van der Waals surface area contributed by atoms with E-state index in [4.69, 9.17) is 9.47 Å². The van der Waals surface area contributed by atoms with Crippen LogP contribution in [0.25, 0.3) is 0 Å². The molecule has 0 amide bonds. The monoisotopic (exact) mass is 295 g/mol. The van der Waals surface area contributed by atoms with Gasteiger partial charge in [-0.3, -0.25) is 4.79 Å². The van der Waals surface area contributed by atoms with E-state index in [0.717, 1.165) is 19.3 Å². The molecule has 6 heteroatoms. The summed E-state index contributed by atoms with van der Waals surface area (Å²) in [6.45, 7) is 5.63. The Hall–Kier alpha value is -1.72. The molecule has 1 unspecified atom stereocenters. The first kappa shape index (κ1) is 14.2. The SMILES string of the molecule is COC(=O)C1=COC(C23CC(C(=O)OC(C)(C)C)(C2)C3)N1. The van der Waals surface area contributed by atoms with Crippen molar-refractivity contribution >= 4 is 11.9 Å². The van der Waals surface area contributed by atoms with Crippen LogP contribution in [0.4, 0.5) is 0 Å². The van der Waals surface area contributed by atoms with Gasteiger partial charge in [-0.05, 0) is 40.0 Å². The van der Waals surface area contributed by atoms with Crippen molar-refractivity contribution in [2.45, 2.75) is 51.9 Å². The number of ether oxygens (including phenoxy) is 3. The summed E-state index contributed by atoms with van der Waals surface area (Å²) in [5.74, 6) is -0.554. The normalized spacial score (nSPS) is 36.4. The van der Waals surface area contributed by atoms with Crippen molar-refractivity contribution in [2.75, 3.05) is 7.11 Å². The Morgan fingerprint density at radius 1 is 1.33 bits per heavy atom. The molecule has 1 aliphatic heterocycles. The molecule has 0 radical (unpaired) electrons. The van der Waals surface area contributed by atoms with E-state index in [2.05, 4.69) is 10.1 Å². The third-order valence-electron chi connectivity index (χ3n) is 4.47. The lowest BCUT2D eigenvalue weighted by Gasteiger charge is -2.69. The summed E-state index contributed by atoms with van der Waals surface area (Å²) in [5, 5.41) is 3.04. The highest BCUT2D eigenvalue weighted by atomic mass is 16.6. The molecular weight excluding hydrogens is 274 g/mol. The summed E-state index contributed by atoms with van der Waals surface area (Å²) in [4.78, 5) is 23.6. The zero-order chi connectivity index (χ0) is 15.5. The highest BCUT2D eigenvalue weighted by Gasteiger charge is 2.76. The van der Waals surface area contributed by atoms with Crippen LogP contribution in [0.5, 0.6) is 0 Å². The lowest BCUT2D eigenvalue weighted by Crippen LogP contribution is -2.72. The molecule has 21 heavy (non-hydrogen) atoms. The molecule has 4 aliphatic rings. The van der Waals surface area contributed by atoms with E-state index in [0.29, 0.717) is 5.70 Å². The molecule has 0 aromatic heterocycles. The maximum atomic E-state index is 12.2. The lowest BCUT2D eigenvalue weighted by atomic mass is 9.34. The number of carbonyl (C=O) groups excluding carboxylic acids is 2. The number of methoxy groups -OCH3 is 1. The summed E-state index contributed by atoms with van der Waals surface area (Å²) in [5.41, 5.74) is -0.532. The zero-order valence-corrected chi connectivity index (χ0v) is 12.8. The van der Waals surface area contributed by atoms with Crippen LogP contribution in [0.15, 0.2) is 12.0 Å². The average molecular weight is 295 g/mol. The first-order valence-corrected chi connectivity index (χ1v) is 7.14. The first-order chi connectivity index (χ1) is 9.70. The fraction of sp³-hybridized carbons (Fsp3) is 0.733. The van der Waals surface area contributed by atoms with E-state index < -0.39 is 11.6 Å². The Labute approximate surface area is 123 Å². The van der Waals surface area contributed by atoms with Gasteiger partial charge in [0.15, 0.2) is 11.9 Å². The summed E-state index contributed by atoms with van der Waals surface area (Å²) >= 11 is 0. The van der Waals surface area contributed by atoms with Crippen LogP contribution in [0.3, 0.4) is 0 Å². The number of hydrogen-bond donors (Lipinski definition) is 1. The van der Waals surface area contributed by atoms with E-state index in [1.807, 2.05) is 20.8 Å². The minimum atomic E-state index is -0.457. The first-order valence-electron chi connectivity index (χ1n) is 7.14. The molecule has 0 aromatic carbocycles. The number of esters is 2. The van der Waals surface area contributed by atoms with Gasteiger partial charge in [-0.25, -0.2) is 4.79 Å². The molecule has 4 rings (SSSR count). The predicted octanol–water partition coefficient (Wildman–Crippen LogP) is 1.46. The van der Waals surface area contributed by atoms with Gasteiger partial charge in [0.25, 0.3) is 0 Å². The molecule has 2 bridgehead atoms. The average Bonchev–Trinajstić information content (AvgIpc) is 2.71. The molecule has 1 atom stereocenters. The van der Waals surface area contributed by atoms with E-state index in [1.165, 1.54) is 13.4 Å². The highest BCUT2D eigenvalue weighted by molar-refractivity contribution is 5.88. The van der Waals surface area contributed by atoms with Gasteiger partial charge in [0.1, 0.15) is 11.9 Å². The van der Waals surface area contributed by atoms with Gasteiger partial charge in [0.2, 0.25) is 0 Å². The molecule has 6 nitrogen and oxygen atoms in total. The van der Waals surface area contributed by atoms with Gasteiger partial charge in [-0.15, -0.1) is 0 Å². The van der Waals surface area contributed by atoms with Crippen molar-refractivity contribution in [3.05, 3.63) is 12.0 Å². The van der Waals surface area contributed by atoms with Gasteiger partial charge in [-0.1, -0.05) is 0 Å². The Bertz CT molecular complexity index is 511. The maximum Gasteiger partial charge on any atom is 0.357 e. The van der Waals surface area contributed by atoms with Gasteiger partial charge in [0.05, 0.1) is 12.5 Å². The third kappa shape index (κ3) is 2.08. The van der Waals surface area contributed by atoms with Crippen molar-refractivity contribution in [3.8, 4) is 0 Å². The van der Waals surface area contributed by atoms with Crippen LogP contribution in [0, 0.1) is 10.8 Å². The molecule has 3 fully saturated rings. The number of rotatable bonds is 3. The van der Waals surface area contributed by atoms with Crippen molar-refractivity contribution < 1.29 is 23.8 Å². The van der Waals surface area contributed by atoms with Crippen LogP contribution in [-0.4, -0.2) is 30.9 Å². The van der Waals surface area contributed by atoms with E-state index in [-0.39, 0.29) is 23.0 Å². The lowest BCUT2D eigenvalue weighted by molar-refractivity contribution is -0.266. The molecule has 1 N–H and O–H groups in total. The van der Waals surface area contributed by atoms with Crippen LogP contribution in [0.1, 0.15) is 40.0 Å². The Morgan fingerprint density at radius 3 is 2.48 bits per heavy atom. The summed E-state index contributed by atoms with van der Waals surface area (Å²) in [7, 11) is 1.33. The van der Waals surface area contributed by atoms with Gasteiger partial charge in [-0.2, -0.15) is 0 Å². The van der Waals surface area contributed by atoms with Crippen molar-refractivity contribution in [1.82, 2.24) is 5.32 Å². The van der Waals surface area contributed by atoms with E-state index in [9.17, 15) is 9.59 Å². The summed E-state index contributed by atoms with van der Waals surface area (Å²) < 4.78 is 15.7. The summed E-state index contributed by atoms with van der Waals surface area (Å²) in [6, 6.07) is 0. The van der Waals surface area contributed by atoms with Crippen LogP contribution in [0.2, 0.25) is 0 Å². The van der Waals surface area contributed by atoms with Crippen molar-refractivity contribution in [1.29, 1.82) is 0 Å². The van der Waals surface area contributed by atoms with Crippen LogP contribution in [-0.2, 0) is 23.8 Å². The van der Waals surface area contributed by atoms with Crippen molar-refractivity contribution in [3.63, 3.8) is 0 Å². The molecule has 0 saturated heterocycles. The third-order valence-corrected chi connectivity index (χ3v) is 4.47. The molecule has 0 spiro atoms. The second kappa shape index (κ2) is 4.15. The fourth-order valence-corrected chi connectivity index (χ4v) is 3.61. The molecule has 0 aromatic rings. The van der Waals surface area contributed by atoms with Gasteiger partial charge < -0.3 is 19.5 Å². The number of nitrogens with one attached hydrogen (secondary N) is 1. The van der Waals surface area contributed by atoms with Crippen molar-refractivity contribution in [2.24, 2.45) is 10.8 Å². The topological polar surface area (TPSA) is 73.9 Å². The summed E-state index contributed by atoms with van der Waals surface area (Å²) in [6.07, 6.45) is 3.38. The number of carbonyl (C=O) groups is 2. The fourth-order valence-electron chi connectivity index (χ4n) is 3.61. The highest BCUT2D eigenvalue weighted by Crippen LogP contribution is 2.75. The molecule has 1 heterocycles. The quantitative estimate of drug-likeness (QED) is 0.795. The second-order valence-electron chi connectivity index (χ2n) is 7.36. The standard InChI is InChI=1S/C15H21NO5/c1-13(2,3)21-12(18)15-6-14(7-15,8-15)11-16-9(5-20-11)10(17)19-4/h5,11,16H,6-8H2,1-4H3. The minimum absolute atomic E-state index is 0.0663. The molecule has 3 aliphatic carbocycles. The van der Waals surface area contributed by atoms with E-state index >= 15 is 0 Å². The van der Waals surface area contributed by atoms with Crippen LogP contribution < -0.4 is 5.32 Å². The maximum absolute atomic E-state index is 12.2. The zero-order valence-electron chi connectivity index (χ0n) is 12.8.